The van der Waals surface area contributed by atoms with Gasteiger partial charge in [-0.2, -0.15) is 5.84 Å². The molecule has 1 saturated heterocycles. The maximum Gasteiger partial charge on any atom is 0.333 e. The van der Waals surface area contributed by atoms with Crippen molar-refractivity contribution < 1.29 is 19.2 Å². The van der Waals surface area contributed by atoms with Crippen molar-refractivity contribution in [3.63, 3.8) is 0 Å². The van der Waals surface area contributed by atoms with E-state index in [1.807, 2.05) is 0 Å². The van der Waals surface area contributed by atoms with Crippen LogP contribution in [0.25, 0.3) is 0 Å². The third kappa shape index (κ3) is 4.64. The summed E-state index contributed by atoms with van der Waals surface area (Å²) in [7, 11) is 0. The average Bonchev–Trinajstić information content (AvgIpc) is 2.54. The Morgan fingerprint density at radius 2 is 2.13 bits per heavy atom. The molecule has 0 unspecified atom stereocenters. The van der Waals surface area contributed by atoms with E-state index in [1.165, 1.54) is 12.1 Å². The number of aromatic hydroxyl groups is 1. The molecular formula is C16H22FN3O3+. The van der Waals surface area contributed by atoms with Crippen molar-refractivity contribution in [3.8, 4) is 5.75 Å². The second kappa shape index (κ2) is 7.89. The molecule has 23 heavy (non-hydrogen) atoms. The molecule has 1 amide bonds. The molecule has 0 aliphatic carbocycles. The Labute approximate surface area is 134 Å². The van der Waals surface area contributed by atoms with Crippen LogP contribution in [0.5, 0.6) is 5.75 Å². The van der Waals surface area contributed by atoms with Crippen molar-refractivity contribution in [2.75, 3.05) is 19.8 Å². The predicted octanol–water partition coefficient (Wildman–Crippen LogP) is 2.02. The Kier molecular flexibility index (Phi) is 5.90. The number of likely N-dealkylation sites (tertiary alicyclic amines) is 1. The van der Waals surface area contributed by atoms with Gasteiger partial charge in [0.25, 0.3) is 0 Å². The fourth-order valence-electron chi connectivity index (χ4n) is 2.80. The topological polar surface area (TPSA) is 86.6 Å². The van der Waals surface area contributed by atoms with Crippen LogP contribution < -0.4 is 5.84 Å². The fourth-order valence-corrected chi connectivity index (χ4v) is 2.80. The van der Waals surface area contributed by atoms with Crippen LogP contribution in [-0.2, 0) is 11.2 Å². The smallest absolute Gasteiger partial charge is 0.333 e. The highest BCUT2D eigenvalue weighted by Crippen LogP contribution is 2.26. The Bertz CT molecular complexity index is 572. The first-order chi connectivity index (χ1) is 11.0. The molecular weight excluding hydrogens is 301 g/mol. The van der Waals surface area contributed by atoms with Gasteiger partial charge in [0.15, 0.2) is 10.6 Å². The van der Waals surface area contributed by atoms with Gasteiger partial charge in [-0.1, -0.05) is 6.07 Å². The zero-order valence-corrected chi connectivity index (χ0v) is 12.9. The number of hydrogen-bond acceptors (Lipinski definition) is 3. The van der Waals surface area contributed by atoms with Crippen LogP contribution in [0.3, 0.4) is 0 Å². The van der Waals surface area contributed by atoms with Crippen LogP contribution in [0.15, 0.2) is 18.2 Å². The molecule has 0 atom stereocenters. The molecule has 1 heterocycles. The molecule has 1 aliphatic rings. The first-order valence-corrected chi connectivity index (χ1v) is 7.73. The second-order valence-electron chi connectivity index (χ2n) is 5.80. The molecule has 0 bridgehead atoms. The van der Waals surface area contributed by atoms with Crippen LogP contribution in [0.4, 0.5) is 10.1 Å². The molecule has 1 fully saturated rings. The molecule has 2 rings (SSSR count). The zero-order chi connectivity index (χ0) is 16.8. The summed E-state index contributed by atoms with van der Waals surface area (Å²) in [6, 6.07) is 4.47. The number of hydrazine groups is 1. The number of alkyl halides is 1. The maximum absolute atomic E-state index is 12.3. The van der Waals surface area contributed by atoms with Gasteiger partial charge in [-0.15, -0.1) is 0 Å². The number of piperidine rings is 1. The highest BCUT2D eigenvalue weighted by molar-refractivity contribution is 5.85. The molecule has 1 aromatic rings. The Morgan fingerprint density at radius 1 is 1.43 bits per heavy atom. The quantitative estimate of drug-likeness (QED) is 0.476. The lowest BCUT2D eigenvalue weighted by Gasteiger charge is -2.31. The van der Waals surface area contributed by atoms with Gasteiger partial charge in [0.05, 0.1) is 18.0 Å². The van der Waals surface area contributed by atoms with Gasteiger partial charge in [0, 0.05) is 19.2 Å². The predicted molar refractivity (Wildman–Crippen MR) is 83.5 cm³/mol. The zero-order valence-electron chi connectivity index (χ0n) is 12.9. The summed E-state index contributed by atoms with van der Waals surface area (Å²) in [5.74, 6) is 5.21. The number of nitroso groups, excluding NO2 is 1. The minimum atomic E-state index is -0.300. The third-order valence-electron chi connectivity index (χ3n) is 4.23. The van der Waals surface area contributed by atoms with E-state index in [-0.39, 0.29) is 28.9 Å². The number of nitrogens with two attached hydrogens (primary N) is 1. The molecule has 0 saturated carbocycles. The highest BCUT2D eigenvalue weighted by atomic mass is 19.1. The summed E-state index contributed by atoms with van der Waals surface area (Å²) in [6.45, 7) is 1.00. The van der Waals surface area contributed by atoms with Crippen molar-refractivity contribution in [2.45, 2.75) is 25.7 Å². The number of nitrogens with zero attached hydrogens (tertiary/aromatic N) is 2. The van der Waals surface area contributed by atoms with Crippen LogP contribution >= 0.6 is 0 Å². The lowest BCUT2D eigenvalue weighted by Crippen LogP contribution is -2.38. The van der Waals surface area contributed by atoms with Crippen LogP contribution in [0, 0.1) is 17.2 Å². The summed E-state index contributed by atoms with van der Waals surface area (Å²) in [5.41, 5.74) is 0.681. The second-order valence-corrected chi connectivity index (χ2v) is 5.80. The number of phenols is 1. The van der Waals surface area contributed by atoms with E-state index in [2.05, 4.69) is 0 Å². The van der Waals surface area contributed by atoms with Gasteiger partial charge in [-0.05, 0) is 43.2 Å². The van der Waals surface area contributed by atoms with E-state index in [4.69, 9.17) is 5.84 Å². The molecule has 1 aliphatic heterocycles. The van der Waals surface area contributed by atoms with Gasteiger partial charge in [0.1, 0.15) is 0 Å². The van der Waals surface area contributed by atoms with Crippen LogP contribution in [-0.4, -0.2) is 40.5 Å². The largest absolute Gasteiger partial charge is 0.502 e. The van der Waals surface area contributed by atoms with E-state index in [1.54, 1.807) is 17.4 Å². The van der Waals surface area contributed by atoms with Crippen LogP contribution in [0.2, 0.25) is 0 Å². The van der Waals surface area contributed by atoms with Crippen LogP contribution in [0.1, 0.15) is 24.8 Å². The van der Waals surface area contributed by atoms with Gasteiger partial charge in [-0.25, -0.2) is 0 Å². The summed E-state index contributed by atoms with van der Waals surface area (Å²) >= 11 is 0. The van der Waals surface area contributed by atoms with Crippen molar-refractivity contribution in [1.29, 1.82) is 0 Å². The Hall–Kier alpha value is -2.18. The summed E-state index contributed by atoms with van der Waals surface area (Å²) in [4.78, 5) is 25.1. The van der Waals surface area contributed by atoms with Gasteiger partial charge in [0.2, 0.25) is 5.91 Å². The van der Waals surface area contributed by atoms with Crippen molar-refractivity contribution in [3.05, 3.63) is 35.1 Å². The highest BCUT2D eigenvalue weighted by Gasteiger charge is 2.23. The molecule has 6 nitrogen and oxygen atoms in total. The monoisotopic (exact) mass is 323 g/mol. The minimum absolute atomic E-state index is 0.0321. The number of rotatable bonds is 6. The van der Waals surface area contributed by atoms with E-state index in [9.17, 15) is 19.2 Å². The molecule has 125 valence electrons. The van der Waals surface area contributed by atoms with Crippen molar-refractivity contribution in [1.82, 2.24) is 4.90 Å². The van der Waals surface area contributed by atoms with Gasteiger partial charge < -0.3 is 10.0 Å². The standard InChI is InChI=1S/C16H21FN3O3/c17-8-5-12-6-9-19(10-7-12)16(22)4-2-13-1-3-15(21)14(11-13)20(18)23/h1,3-4,11-12H,2,5-10H2,(H2-,18,21,23)/p+1. The van der Waals surface area contributed by atoms with E-state index >= 15 is 0 Å². The summed E-state index contributed by atoms with van der Waals surface area (Å²) in [5, 5.41) is 9.52. The fraction of sp³-hybridized carbons (Fsp3) is 0.500. The third-order valence-corrected chi connectivity index (χ3v) is 4.23. The lowest BCUT2D eigenvalue weighted by molar-refractivity contribution is -0.475. The van der Waals surface area contributed by atoms with E-state index < -0.39 is 0 Å². The number of amides is 1. The normalized spacial score (nSPS) is 15.6. The number of benzene rings is 1. The molecule has 7 heteroatoms. The number of halogens is 1. The number of carbonyl (C=O) groups excluding carboxylic acids is 1. The molecule has 0 spiro atoms. The number of carbonyl (C=O) groups is 1. The van der Waals surface area contributed by atoms with Gasteiger partial charge >= 0.3 is 5.69 Å². The number of hydrogen-bond donors (Lipinski definition) is 2. The average molecular weight is 323 g/mol. The molecule has 3 N–H and O–H groups in total. The Balaban J connectivity index is 1.85. The lowest BCUT2D eigenvalue weighted by atomic mass is 9.94. The summed E-state index contributed by atoms with van der Waals surface area (Å²) < 4.78 is 12.3. The van der Waals surface area contributed by atoms with Crippen molar-refractivity contribution in [2.24, 2.45) is 11.8 Å². The SMILES string of the molecule is N[N+](=O)c1cc(C[CH]C(=O)N2CCC(CCF)CC2)ccc1O. The maximum atomic E-state index is 12.3. The van der Waals surface area contributed by atoms with E-state index in [0.717, 1.165) is 12.8 Å². The number of phenolic OH excluding ortho intramolecular Hbond substituents is 1. The first kappa shape index (κ1) is 17.2. The summed E-state index contributed by atoms with van der Waals surface area (Å²) in [6.07, 6.45) is 4.16. The molecule has 1 aromatic carbocycles. The van der Waals surface area contributed by atoms with E-state index in [0.29, 0.717) is 37.4 Å². The Morgan fingerprint density at radius 3 is 2.74 bits per heavy atom. The minimum Gasteiger partial charge on any atom is -0.502 e. The molecule has 0 aromatic heterocycles. The van der Waals surface area contributed by atoms with Gasteiger partial charge in [-0.3, -0.25) is 9.18 Å². The molecule has 1 radical (unpaired) electrons. The van der Waals surface area contributed by atoms with Crippen molar-refractivity contribution >= 4 is 11.6 Å². The first-order valence-electron chi connectivity index (χ1n) is 7.73.